The first-order valence-corrected chi connectivity index (χ1v) is 10.7. The van der Waals surface area contributed by atoms with Gasteiger partial charge in [0.2, 0.25) is 15.9 Å². The Bertz CT molecular complexity index is 992. The Hall–Kier alpha value is -1.36. The van der Waals surface area contributed by atoms with Crippen LogP contribution < -0.4 is 9.66 Å². The number of rotatable bonds is 5. The maximum Gasteiger partial charge on any atom is 0.414 e. The molecule has 0 spiro atoms. The van der Waals surface area contributed by atoms with Crippen molar-refractivity contribution in [3.05, 3.63) is 50.0 Å². The van der Waals surface area contributed by atoms with E-state index in [0.717, 1.165) is 6.26 Å². The number of halogens is 3. The number of sulfonamides is 1. The molecule has 1 fully saturated rings. The molecule has 1 heterocycles. The molecule has 1 N–H and O–H groups in total. The molecule has 0 unspecified atom stereocenters. The number of hydrogen-bond donors (Lipinski definition) is 1. The van der Waals surface area contributed by atoms with E-state index in [2.05, 4.69) is 9.10 Å². The van der Waals surface area contributed by atoms with E-state index in [4.69, 9.17) is 16.0 Å². The summed E-state index contributed by atoms with van der Waals surface area (Å²) in [6, 6.07) is 1.48. The minimum atomic E-state index is -3.43. The molecule has 26 heavy (non-hydrogen) atoms. The van der Waals surface area contributed by atoms with Gasteiger partial charge in [0.1, 0.15) is 11.6 Å². The molecule has 11 heteroatoms. The molecule has 142 valence electrons. The Morgan fingerprint density at radius 1 is 1.42 bits per heavy atom. The summed E-state index contributed by atoms with van der Waals surface area (Å²) in [5.41, 5.74) is -0.740. The summed E-state index contributed by atoms with van der Waals surface area (Å²) in [6.07, 6.45) is 2.25. The zero-order valence-corrected chi connectivity index (χ0v) is 16.0. The quantitative estimate of drug-likeness (QED) is 0.745. The summed E-state index contributed by atoms with van der Waals surface area (Å²) in [7, 11) is -3.43. The van der Waals surface area contributed by atoms with E-state index in [0.29, 0.717) is 30.4 Å². The van der Waals surface area contributed by atoms with Gasteiger partial charge in [-0.25, -0.2) is 26.7 Å². The summed E-state index contributed by atoms with van der Waals surface area (Å²) in [6.45, 7) is 0. The van der Waals surface area contributed by atoms with Crippen LogP contribution >= 0.6 is 23.1 Å². The summed E-state index contributed by atoms with van der Waals surface area (Å²) in [5, 5.41) is -0.222. The van der Waals surface area contributed by atoms with E-state index in [-0.39, 0.29) is 29.3 Å². The summed E-state index contributed by atoms with van der Waals surface area (Å²) >= 11 is 6.40. The second-order valence-electron chi connectivity index (χ2n) is 6.48. The van der Waals surface area contributed by atoms with Gasteiger partial charge in [0.05, 0.1) is 16.7 Å². The smallest absolute Gasteiger partial charge is 0.398 e. The zero-order valence-electron chi connectivity index (χ0n) is 13.6. The van der Waals surface area contributed by atoms with Gasteiger partial charge in [0.25, 0.3) is 0 Å². The van der Waals surface area contributed by atoms with E-state index in [1.54, 1.807) is 0 Å². The lowest BCUT2D eigenvalue weighted by molar-refractivity contribution is 0.306. The fourth-order valence-electron chi connectivity index (χ4n) is 3.42. The second kappa shape index (κ2) is 6.99. The van der Waals surface area contributed by atoms with E-state index < -0.39 is 38.1 Å². The molecular formula is C15H15ClF2N2O4S2. The standard InChI is InChI=1S/C15H15ClF2N2O4S2/c1-26(22,23)20-9-2-3-15(7-9,13-19-25-14(21)24-13)6-8-4-10(16)12(18)5-11(8)17/h4-5,9,20H,2-3,6-7H2,1H3/t9-,15+/m0/s1. The zero-order chi connectivity index (χ0) is 19.1. The van der Waals surface area contributed by atoms with Gasteiger partial charge in [-0.15, -0.1) is 0 Å². The Balaban J connectivity index is 1.98. The van der Waals surface area contributed by atoms with Crippen molar-refractivity contribution < 1.29 is 21.6 Å². The van der Waals surface area contributed by atoms with Crippen molar-refractivity contribution in [2.45, 2.75) is 37.1 Å². The van der Waals surface area contributed by atoms with Gasteiger partial charge in [0.15, 0.2) is 0 Å². The highest BCUT2D eigenvalue weighted by atomic mass is 35.5. The molecule has 0 saturated heterocycles. The monoisotopic (exact) mass is 424 g/mol. The highest BCUT2D eigenvalue weighted by Crippen LogP contribution is 2.44. The van der Waals surface area contributed by atoms with Gasteiger partial charge in [-0.3, -0.25) is 0 Å². The van der Waals surface area contributed by atoms with Crippen LogP contribution in [0.3, 0.4) is 0 Å². The number of nitrogens with one attached hydrogen (secondary N) is 1. The predicted molar refractivity (Wildman–Crippen MR) is 93.0 cm³/mol. The van der Waals surface area contributed by atoms with Gasteiger partial charge < -0.3 is 4.42 Å². The number of benzene rings is 1. The van der Waals surface area contributed by atoms with Crippen LogP contribution in [0.15, 0.2) is 21.3 Å². The Labute approximate surface area is 157 Å². The lowest BCUT2D eigenvalue weighted by Crippen LogP contribution is -2.35. The molecule has 6 nitrogen and oxygen atoms in total. The first-order valence-electron chi connectivity index (χ1n) is 7.66. The normalized spacial score (nSPS) is 23.5. The van der Waals surface area contributed by atoms with Crippen molar-refractivity contribution in [1.82, 2.24) is 9.10 Å². The van der Waals surface area contributed by atoms with Crippen molar-refractivity contribution in [3.63, 3.8) is 0 Å². The molecule has 1 aromatic heterocycles. The van der Waals surface area contributed by atoms with Crippen LogP contribution in [0, 0.1) is 11.6 Å². The minimum absolute atomic E-state index is 0.0491. The maximum atomic E-state index is 14.2. The van der Waals surface area contributed by atoms with Crippen molar-refractivity contribution in [1.29, 1.82) is 0 Å². The molecule has 1 saturated carbocycles. The third kappa shape index (κ3) is 4.13. The van der Waals surface area contributed by atoms with Crippen LogP contribution in [0.25, 0.3) is 0 Å². The summed E-state index contributed by atoms with van der Waals surface area (Å²) in [5.74, 6) is -1.52. The molecule has 3 rings (SSSR count). The minimum Gasteiger partial charge on any atom is -0.398 e. The highest BCUT2D eigenvalue weighted by molar-refractivity contribution is 7.88. The maximum absolute atomic E-state index is 14.2. The van der Waals surface area contributed by atoms with Crippen LogP contribution in [0.4, 0.5) is 8.78 Å². The van der Waals surface area contributed by atoms with Crippen molar-refractivity contribution in [3.8, 4) is 0 Å². The number of aromatic nitrogens is 1. The Morgan fingerprint density at radius 3 is 2.77 bits per heavy atom. The average molecular weight is 425 g/mol. The van der Waals surface area contributed by atoms with Gasteiger partial charge in [-0.1, -0.05) is 11.6 Å². The van der Waals surface area contributed by atoms with Gasteiger partial charge >= 0.3 is 4.94 Å². The third-order valence-electron chi connectivity index (χ3n) is 4.44. The van der Waals surface area contributed by atoms with Crippen LogP contribution in [0.5, 0.6) is 0 Å². The van der Waals surface area contributed by atoms with Crippen molar-refractivity contribution in [2.75, 3.05) is 6.26 Å². The van der Waals surface area contributed by atoms with Crippen LogP contribution in [-0.2, 0) is 21.9 Å². The fourth-order valence-corrected chi connectivity index (χ4v) is 4.92. The predicted octanol–water partition coefficient (Wildman–Crippen LogP) is 2.61. The first kappa shape index (κ1) is 19.4. The molecule has 0 aliphatic heterocycles. The molecule has 0 radical (unpaired) electrons. The van der Waals surface area contributed by atoms with E-state index in [1.165, 1.54) is 6.07 Å². The lowest BCUT2D eigenvalue weighted by Gasteiger charge is -2.26. The summed E-state index contributed by atoms with van der Waals surface area (Å²) < 4.78 is 62.4. The SMILES string of the molecule is CS(=O)(=O)N[C@H]1CC[C@](Cc2cc(Cl)c(F)cc2F)(c2nsc(=O)o2)C1. The van der Waals surface area contributed by atoms with E-state index in [9.17, 15) is 22.0 Å². The third-order valence-corrected chi connectivity index (χ3v) is 5.98. The van der Waals surface area contributed by atoms with Gasteiger partial charge in [0, 0.05) is 23.6 Å². The molecule has 0 bridgehead atoms. The van der Waals surface area contributed by atoms with Gasteiger partial charge in [-0.2, -0.15) is 4.37 Å². The Kier molecular flexibility index (Phi) is 5.22. The number of hydrogen-bond acceptors (Lipinski definition) is 6. The lowest BCUT2D eigenvalue weighted by atomic mass is 9.79. The highest BCUT2D eigenvalue weighted by Gasteiger charge is 2.46. The first-order chi connectivity index (χ1) is 12.1. The molecule has 2 aromatic rings. The molecule has 1 aromatic carbocycles. The molecular weight excluding hydrogens is 410 g/mol. The fraction of sp³-hybridized carbons (Fsp3) is 0.467. The largest absolute Gasteiger partial charge is 0.414 e. The molecule has 0 amide bonds. The topological polar surface area (TPSA) is 89.3 Å². The second-order valence-corrected chi connectivity index (χ2v) is 9.37. The van der Waals surface area contributed by atoms with E-state index >= 15 is 0 Å². The van der Waals surface area contributed by atoms with Crippen LogP contribution in [0.2, 0.25) is 5.02 Å². The van der Waals surface area contributed by atoms with Crippen molar-refractivity contribution in [2.24, 2.45) is 0 Å². The number of nitrogens with zero attached hydrogens (tertiary/aromatic N) is 1. The van der Waals surface area contributed by atoms with E-state index in [1.807, 2.05) is 0 Å². The average Bonchev–Trinajstić information content (AvgIpc) is 3.11. The molecule has 1 aliphatic rings. The Morgan fingerprint density at radius 2 is 2.15 bits per heavy atom. The molecule has 2 atom stereocenters. The van der Waals surface area contributed by atoms with Crippen LogP contribution in [0.1, 0.15) is 30.7 Å². The van der Waals surface area contributed by atoms with Crippen molar-refractivity contribution >= 4 is 33.2 Å². The molecule has 1 aliphatic carbocycles. The van der Waals surface area contributed by atoms with Gasteiger partial charge in [-0.05, 0) is 37.3 Å². The van der Waals surface area contributed by atoms with Crippen LogP contribution in [-0.4, -0.2) is 25.1 Å². The summed E-state index contributed by atoms with van der Waals surface area (Å²) in [4.78, 5) is 10.9.